The van der Waals surface area contributed by atoms with Crippen LogP contribution in [0, 0.1) is 0 Å². The number of esters is 1. The van der Waals surface area contributed by atoms with E-state index in [1.54, 1.807) is 13.3 Å². The third-order valence-electron chi connectivity index (χ3n) is 5.79. The number of aromatic nitrogens is 1. The number of nitrogens with zero attached hydrogens (tertiary/aromatic N) is 3. The maximum Gasteiger partial charge on any atom is 0.340 e. The van der Waals surface area contributed by atoms with E-state index in [2.05, 4.69) is 17.0 Å². The molecule has 2 aromatic carbocycles. The highest BCUT2D eigenvalue weighted by atomic mass is 16.5. The molecule has 0 atom stereocenters. The van der Waals surface area contributed by atoms with E-state index in [1.165, 1.54) is 12.7 Å². The smallest absolute Gasteiger partial charge is 0.340 e. The molecule has 0 saturated carbocycles. The van der Waals surface area contributed by atoms with E-state index in [9.17, 15) is 9.59 Å². The van der Waals surface area contributed by atoms with Crippen LogP contribution in [-0.2, 0) is 22.6 Å². The highest BCUT2D eigenvalue weighted by Gasteiger charge is 2.23. The van der Waals surface area contributed by atoms with Crippen LogP contribution in [0.2, 0.25) is 0 Å². The molecule has 7 nitrogen and oxygen atoms in total. The fraction of sp³-hybridized carbons (Fsp3) is 0.333. The van der Waals surface area contributed by atoms with Crippen molar-refractivity contribution in [3.8, 4) is 5.75 Å². The molecule has 1 fully saturated rings. The van der Waals surface area contributed by atoms with Crippen LogP contribution < -0.4 is 4.74 Å². The van der Waals surface area contributed by atoms with Gasteiger partial charge in [0, 0.05) is 49.8 Å². The molecule has 4 rings (SSSR count). The Morgan fingerprint density at radius 1 is 0.935 bits per heavy atom. The molecule has 0 N–H and O–H groups in total. The average Bonchev–Trinajstić information content (AvgIpc) is 3.18. The summed E-state index contributed by atoms with van der Waals surface area (Å²) < 4.78 is 11.9. The fourth-order valence-corrected chi connectivity index (χ4v) is 4.04. The summed E-state index contributed by atoms with van der Waals surface area (Å²) in [5.74, 6) is 0.517. The second kappa shape index (κ2) is 9.22. The molecule has 0 bridgehead atoms. The lowest BCUT2D eigenvalue weighted by molar-refractivity contribution is -0.133. The number of hydrogen-bond acceptors (Lipinski definition) is 5. The first-order valence-electron chi connectivity index (χ1n) is 10.4. The molecule has 0 unspecified atom stereocenters. The number of piperazine rings is 1. The van der Waals surface area contributed by atoms with Crippen LogP contribution in [-0.4, -0.2) is 66.6 Å². The number of carbonyl (C=O) groups excluding carboxylic acids is 2. The summed E-state index contributed by atoms with van der Waals surface area (Å²) in [5.41, 5.74) is 2.57. The van der Waals surface area contributed by atoms with Crippen molar-refractivity contribution in [3.05, 3.63) is 65.9 Å². The summed E-state index contributed by atoms with van der Waals surface area (Å²) in [4.78, 5) is 29.3. The van der Waals surface area contributed by atoms with Gasteiger partial charge in [0.1, 0.15) is 12.3 Å². The second-order valence-corrected chi connectivity index (χ2v) is 7.68. The Bertz CT molecular complexity index is 1070. The molecule has 1 aliphatic heterocycles. The van der Waals surface area contributed by atoms with Crippen molar-refractivity contribution in [2.75, 3.05) is 40.4 Å². The third kappa shape index (κ3) is 4.56. The number of carbonyl (C=O) groups is 2. The average molecular weight is 421 g/mol. The Hall–Kier alpha value is -3.32. The van der Waals surface area contributed by atoms with E-state index in [0.717, 1.165) is 36.3 Å². The Labute approximate surface area is 181 Å². The standard InChI is InChI=1S/C24H27N3O4/c1-30-19-9-7-18(8-10-19)15-25-11-13-26(14-12-25)23(28)17-27-16-21(24(29)31-2)20-5-3-4-6-22(20)27/h3-10,16H,11-15,17H2,1-2H3. The number of para-hydroxylation sites is 1. The normalized spacial score (nSPS) is 14.6. The van der Waals surface area contributed by atoms with Crippen LogP contribution in [0.1, 0.15) is 15.9 Å². The largest absolute Gasteiger partial charge is 0.497 e. The zero-order valence-corrected chi connectivity index (χ0v) is 17.9. The summed E-state index contributed by atoms with van der Waals surface area (Å²) >= 11 is 0. The molecule has 0 spiro atoms. The maximum atomic E-state index is 13.0. The number of rotatable bonds is 6. The Morgan fingerprint density at radius 3 is 2.32 bits per heavy atom. The van der Waals surface area contributed by atoms with Crippen LogP contribution in [0.25, 0.3) is 10.9 Å². The van der Waals surface area contributed by atoms with Gasteiger partial charge in [0.05, 0.1) is 19.8 Å². The van der Waals surface area contributed by atoms with Gasteiger partial charge in [0.25, 0.3) is 0 Å². The Balaban J connectivity index is 1.37. The van der Waals surface area contributed by atoms with Gasteiger partial charge in [-0.15, -0.1) is 0 Å². The van der Waals surface area contributed by atoms with E-state index in [1.807, 2.05) is 45.9 Å². The predicted octanol–water partition coefficient (Wildman–Crippen LogP) is 2.78. The maximum absolute atomic E-state index is 13.0. The van der Waals surface area contributed by atoms with Crippen molar-refractivity contribution < 1.29 is 19.1 Å². The minimum atomic E-state index is -0.394. The molecule has 1 amide bonds. The summed E-state index contributed by atoms with van der Waals surface area (Å²) in [6, 6.07) is 15.7. The van der Waals surface area contributed by atoms with Gasteiger partial charge in [0.2, 0.25) is 5.91 Å². The lowest BCUT2D eigenvalue weighted by atomic mass is 10.2. The fourth-order valence-electron chi connectivity index (χ4n) is 4.04. The zero-order chi connectivity index (χ0) is 21.8. The van der Waals surface area contributed by atoms with Gasteiger partial charge in [0.15, 0.2) is 0 Å². The van der Waals surface area contributed by atoms with E-state index in [-0.39, 0.29) is 12.5 Å². The quantitative estimate of drug-likeness (QED) is 0.573. The number of fused-ring (bicyclic) bond motifs is 1. The van der Waals surface area contributed by atoms with Gasteiger partial charge in [-0.2, -0.15) is 0 Å². The van der Waals surface area contributed by atoms with E-state index < -0.39 is 5.97 Å². The van der Waals surface area contributed by atoms with Crippen molar-refractivity contribution >= 4 is 22.8 Å². The van der Waals surface area contributed by atoms with Crippen LogP contribution in [0.5, 0.6) is 5.75 Å². The Morgan fingerprint density at radius 2 is 1.65 bits per heavy atom. The molecular formula is C24H27N3O4. The molecule has 31 heavy (non-hydrogen) atoms. The Kier molecular flexibility index (Phi) is 6.23. The monoisotopic (exact) mass is 421 g/mol. The van der Waals surface area contributed by atoms with Gasteiger partial charge in [-0.1, -0.05) is 30.3 Å². The van der Waals surface area contributed by atoms with Gasteiger partial charge < -0.3 is 18.9 Å². The van der Waals surface area contributed by atoms with Gasteiger partial charge >= 0.3 is 5.97 Å². The summed E-state index contributed by atoms with van der Waals surface area (Å²) in [6.07, 6.45) is 1.72. The number of hydrogen-bond donors (Lipinski definition) is 0. The van der Waals surface area contributed by atoms with Crippen molar-refractivity contribution in [3.63, 3.8) is 0 Å². The van der Waals surface area contributed by atoms with E-state index in [4.69, 9.17) is 9.47 Å². The predicted molar refractivity (Wildman–Crippen MR) is 118 cm³/mol. The summed E-state index contributed by atoms with van der Waals surface area (Å²) in [5, 5.41) is 0.798. The van der Waals surface area contributed by atoms with Gasteiger partial charge in [-0.05, 0) is 23.8 Å². The molecule has 1 saturated heterocycles. The molecule has 0 radical (unpaired) electrons. The lowest BCUT2D eigenvalue weighted by Crippen LogP contribution is -2.49. The van der Waals surface area contributed by atoms with E-state index in [0.29, 0.717) is 18.7 Å². The number of benzene rings is 2. The minimum absolute atomic E-state index is 0.0567. The van der Waals surface area contributed by atoms with Crippen molar-refractivity contribution in [1.29, 1.82) is 0 Å². The van der Waals surface area contributed by atoms with E-state index >= 15 is 0 Å². The van der Waals surface area contributed by atoms with Crippen molar-refractivity contribution in [2.45, 2.75) is 13.1 Å². The summed E-state index contributed by atoms with van der Waals surface area (Å²) in [6.45, 7) is 4.11. The topological polar surface area (TPSA) is 64.0 Å². The first kappa shape index (κ1) is 20.9. The number of ether oxygens (including phenoxy) is 2. The first-order valence-corrected chi connectivity index (χ1v) is 10.4. The molecule has 7 heteroatoms. The molecule has 0 aliphatic carbocycles. The van der Waals surface area contributed by atoms with Crippen LogP contribution >= 0.6 is 0 Å². The molecule has 3 aromatic rings. The van der Waals surface area contributed by atoms with Crippen LogP contribution in [0.4, 0.5) is 0 Å². The third-order valence-corrected chi connectivity index (χ3v) is 5.79. The van der Waals surface area contributed by atoms with Crippen molar-refractivity contribution in [2.24, 2.45) is 0 Å². The minimum Gasteiger partial charge on any atom is -0.497 e. The molecule has 1 aromatic heterocycles. The van der Waals surface area contributed by atoms with Gasteiger partial charge in [-0.3, -0.25) is 9.69 Å². The highest BCUT2D eigenvalue weighted by molar-refractivity contribution is 6.04. The molecule has 162 valence electrons. The van der Waals surface area contributed by atoms with Crippen LogP contribution in [0.15, 0.2) is 54.7 Å². The first-order chi connectivity index (χ1) is 15.1. The number of amides is 1. The molecule has 1 aliphatic rings. The SMILES string of the molecule is COC(=O)c1cn(CC(=O)N2CCN(Cc3ccc(OC)cc3)CC2)c2ccccc12. The van der Waals surface area contributed by atoms with Gasteiger partial charge in [-0.25, -0.2) is 4.79 Å². The summed E-state index contributed by atoms with van der Waals surface area (Å²) in [7, 11) is 3.03. The molecule has 2 heterocycles. The van der Waals surface area contributed by atoms with Crippen molar-refractivity contribution in [1.82, 2.24) is 14.4 Å². The second-order valence-electron chi connectivity index (χ2n) is 7.68. The highest BCUT2D eigenvalue weighted by Crippen LogP contribution is 2.22. The zero-order valence-electron chi connectivity index (χ0n) is 17.9. The number of methoxy groups -OCH3 is 2. The molecular weight excluding hydrogens is 394 g/mol. The lowest BCUT2D eigenvalue weighted by Gasteiger charge is -2.35. The van der Waals surface area contributed by atoms with Crippen LogP contribution in [0.3, 0.4) is 0 Å².